The molecule has 2 heterocycles. The molecule has 3 rings (SSSR count). The fourth-order valence-corrected chi connectivity index (χ4v) is 2.76. The second-order valence-electron chi connectivity index (χ2n) is 5.64. The number of hydrogen-bond acceptors (Lipinski definition) is 4. The third-order valence-corrected chi connectivity index (χ3v) is 3.89. The van der Waals surface area contributed by atoms with Crippen molar-refractivity contribution in [2.75, 3.05) is 13.6 Å². The Kier molecular flexibility index (Phi) is 6.80. The minimum absolute atomic E-state index is 0. The third kappa shape index (κ3) is 4.71. The molecule has 0 bridgehead atoms. The molecule has 0 spiro atoms. The van der Waals surface area contributed by atoms with Gasteiger partial charge in [-0.1, -0.05) is 17.3 Å². The molecule has 0 radical (unpaired) electrons. The topological polar surface area (TPSA) is 91.1 Å². The van der Waals surface area contributed by atoms with Crippen LogP contribution in [0, 0.1) is 13.8 Å². The molecular weight excluding hydrogens is 431 g/mol. The number of aromatic nitrogens is 3. The van der Waals surface area contributed by atoms with Gasteiger partial charge >= 0.3 is 0 Å². The first-order chi connectivity index (χ1) is 11.7. The normalized spacial score (nSPS) is 11.4. The molecule has 8 heteroatoms. The van der Waals surface area contributed by atoms with Crippen LogP contribution in [0.2, 0.25) is 0 Å². The summed E-state index contributed by atoms with van der Waals surface area (Å²) >= 11 is 0. The van der Waals surface area contributed by atoms with Crippen molar-refractivity contribution in [3.05, 3.63) is 47.2 Å². The van der Waals surface area contributed by atoms with E-state index in [0.29, 0.717) is 24.2 Å². The Morgan fingerprint density at radius 1 is 1.28 bits per heavy atom. The van der Waals surface area contributed by atoms with E-state index >= 15 is 0 Å². The molecule has 134 valence electrons. The number of benzene rings is 1. The first kappa shape index (κ1) is 19.2. The van der Waals surface area contributed by atoms with E-state index in [9.17, 15) is 0 Å². The van der Waals surface area contributed by atoms with Gasteiger partial charge in [0.05, 0.1) is 6.54 Å². The molecule has 0 aliphatic carbocycles. The summed E-state index contributed by atoms with van der Waals surface area (Å²) in [6.07, 6.45) is 2.99. The minimum atomic E-state index is 0. The van der Waals surface area contributed by atoms with Crippen molar-refractivity contribution in [3.8, 4) is 0 Å². The van der Waals surface area contributed by atoms with E-state index in [0.717, 1.165) is 13.0 Å². The Bertz CT molecular complexity index is 854. The van der Waals surface area contributed by atoms with Crippen molar-refractivity contribution < 1.29 is 4.52 Å². The summed E-state index contributed by atoms with van der Waals surface area (Å²) in [7, 11) is 1.74. The molecule has 1 aromatic carbocycles. The fourth-order valence-electron chi connectivity index (χ4n) is 2.76. The minimum Gasteiger partial charge on any atom is -0.361 e. The highest BCUT2D eigenvalue weighted by molar-refractivity contribution is 14.0. The van der Waals surface area contributed by atoms with Crippen molar-refractivity contribution in [2.45, 2.75) is 26.8 Å². The Hall–Kier alpha value is -2.10. The second-order valence-corrected chi connectivity index (χ2v) is 5.64. The Balaban J connectivity index is 0.00000225. The van der Waals surface area contributed by atoms with Crippen LogP contribution in [0.5, 0.6) is 0 Å². The van der Waals surface area contributed by atoms with Crippen molar-refractivity contribution in [1.29, 1.82) is 0 Å². The maximum Gasteiger partial charge on any atom is 0.223 e. The predicted octanol–water partition coefficient (Wildman–Crippen LogP) is 2.69. The summed E-state index contributed by atoms with van der Waals surface area (Å²) in [5.74, 6) is 1.89. The van der Waals surface area contributed by atoms with Gasteiger partial charge in [0.25, 0.3) is 0 Å². The van der Waals surface area contributed by atoms with E-state index in [1.807, 2.05) is 0 Å². The number of guanidine groups is 1. The van der Waals surface area contributed by atoms with E-state index in [-0.39, 0.29) is 24.0 Å². The smallest absolute Gasteiger partial charge is 0.223 e. The Morgan fingerprint density at radius 2 is 2.12 bits per heavy atom. The quantitative estimate of drug-likeness (QED) is 0.313. The number of aliphatic imine (C=N–C) groups is 1. The second kappa shape index (κ2) is 8.84. The Morgan fingerprint density at radius 3 is 2.84 bits per heavy atom. The number of H-pyrrole nitrogens is 1. The maximum absolute atomic E-state index is 4.95. The first-order valence-corrected chi connectivity index (χ1v) is 7.96. The number of nitrogens with zero attached hydrogens (tertiary/aromatic N) is 3. The van der Waals surface area contributed by atoms with E-state index in [4.69, 9.17) is 4.52 Å². The number of fused-ring (bicyclic) bond motifs is 1. The number of nitrogens with one attached hydrogen (secondary N) is 3. The van der Waals surface area contributed by atoms with Gasteiger partial charge in [-0.25, -0.2) is 0 Å². The molecule has 0 unspecified atom stereocenters. The molecule has 3 aromatic rings. The van der Waals surface area contributed by atoms with Crippen LogP contribution in [0.15, 0.2) is 33.9 Å². The Labute approximate surface area is 163 Å². The van der Waals surface area contributed by atoms with Gasteiger partial charge in [0.1, 0.15) is 0 Å². The lowest BCUT2D eigenvalue weighted by atomic mass is 10.1. The zero-order valence-corrected chi connectivity index (χ0v) is 16.9. The molecule has 0 aliphatic rings. The van der Waals surface area contributed by atoms with Gasteiger partial charge in [-0.05, 0) is 30.5 Å². The van der Waals surface area contributed by atoms with Crippen LogP contribution < -0.4 is 10.6 Å². The van der Waals surface area contributed by atoms with E-state index in [2.05, 4.69) is 62.1 Å². The largest absolute Gasteiger partial charge is 0.361 e. The van der Waals surface area contributed by atoms with Crippen molar-refractivity contribution >= 4 is 40.8 Å². The summed E-state index contributed by atoms with van der Waals surface area (Å²) in [5, 5.41) is 11.6. The number of halogens is 1. The maximum atomic E-state index is 4.95. The monoisotopic (exact) mass is 454 g/mol. The zero-order valence-electron chi connectivity index (χ0n) is 14.6. The lowest BCUT2D eigenvalue weighted by Crippen LogP contribution is -2.38. The summed E-state index contributed by atoms with van der Waals surface area (Å²) in [5.41, 5.74) is 3.78. The van der Waals surface area contributed by atoms with Crippen molar-refractivity contribution in [1.82, 2.24) is 25.8 Å². The van der Waals surface area contributed by atoms with Crippen LogP contribution in [-0.4, -0.2) is 34.7 Å². The molecule has 0 amide bonds. The lowest BCUT2D eigenvalue weighted by Gasteiger charge is -2.10. The first-order valence-electron chi connectivity index (χ1n) is 7.96. The molecule has 0 aliphatic heterocycles. The average Bonchev–Trinajstić information content (AvgIpc) is 3.18. The van der Waals surface area contributed by atoms with E-state index in [1.54, 1.807) is 14.0 Å². The number of aryl methyl sites for hydroxylation is 2. The molecule has 7 nitrogen and oxygen atoms in total. The van der Waals surface area contributed by atoms with Crippen molar-refractivity contribution in [3.63, 3.8) is 0 Å². The zero-order chi connectivity index (χ0) is 16.9. The lowest BCUT2D eigenvalue weighted by molar-refractivity contribution is 0.387. The molecule has 2 aromatic heterocycles. The molecule has 0 saturated heterocycles. The highest BCUT2D eigenvalue weighted by Crippen LogP contribution is 2.22. The van der Waals surface area contributed by atoms with Crippen LogP contribution in [0.4, 0.5) is 0 Å². The highest BCUT2D eigenvalue weighted by Gasteiger charge is 2.07. The van der Waals surface area contributed by atoms with Gasteiger partial charge in [0, 0.05) is 37.6 Å². The van der Waals surface area contributed by atoms with Crippen LogP contribution in [0.1, 0.15) is 22.8 Å². The molecule has 25 heavy (non-hydrogen) atoms. The number of rotatable bonds is 5. The van der Waals surface area contributed by atoms with Crippen LogP contribution in [0.3, 0.4) is 0 Å². The average molecular weight is 454 g/mol. The van der Waals surface area contributed by atoms with E-state index in [1.165, 1.54) is 22.0 Å². The van der Waals surface area contributed by atoms with Gasteiger partial charge in [-0.3, -0.25) is 4.99 Å². The van der Waals surface area contributed by atoms with Gasteiger partial charge in [-0.2, -0.15) is 4.98 Å². The molecule has 0 fully saturated rings. The molecule has 0 atom stereocenters. The van der Waals surface area contributed by atoms with E-state index < -0.39 is 0 Å². The summed E-state index contributed by atoms with van der Waals surface area (Å²) in [6.45, 7) is 5.17. The van der Waals surface area contributed by atoms with Crippen LogP contribution in [0.25, 0.3) is 10.9 Å². The van der Waals surface area contributed by atoms with Crippen LogP contribution >= 0.6 is 24.0 Å². The fraction of sp³-hybridized carbons (Fsp3) is 0.353. The number of hydrogen-bond donors (Lipinski definition) is 3. The SMILES string of the molecule is CN=C(NCCc1c[nH]c2cccc(C)c12)NCc1noc(C)n1.I. The summed E-state index contributed by atoms with van der Waals surface area (Å²) < 4.78 is 4.95. The highest BCUT2D eigenvalue weighted by atomic mass is 127. The standard InChI is InChI=1S/C17H22N6O.HI/c1-11-5-4-6-14-16(11)13(9-20-14)7-8-19-17(18-3)21-10-15-22-12(2)24-23-15;/h4-6,9,20H,7-8,10H2,1-3H3,(H2,18,19,21);1H. The van der Waals surface area contributed by atoms with Gasteiger partial charge in [0.15, 0.2) is 11.8 Å². The summed E-state index contributed by atoms with van der Waals surface area (Å²) in [4.78, 5) is 11.7. The summed E-state index contributed by atoms with van der Waals surface area (Å²) in [6, 6.07) is 6.31. The number of aromatic amines is 1. The predicted molar refractivity (Wildman–Crippen MR) is 109 cm³/mol. The molecular formula is C17H23IN6O. The van der Waals surface area contributed by atoms with Gasteiger partial charge < -0.3 is 20.1 Å². The molecule has 0 saturated carbocycles. The van der Waals surface area contributed by atoms with Gasteiger partial charge in [0.2, 0.25) is 5.89 Å². The van der Waals surface area contributed by atoms with Gasteiger partial charge in [-0.15, -0.1) is 24.0 Å². The van der Waals surface area contributed by atoms with Crippen molar-refractivity contribution in [2.24, 2.45) is 4.99 Å². The molecule has 3 N–H and O–H groups in total. The van der Waals surface area contributed by atoms with Crippen LogP contribution in [-0.2, 0) is 13.0 Å². The third-order valence-electron chi connectivity index (χ3n) is 3.89.